The van der Waals surface area contributed by atoms with Gasteiger partial charge in [-0.25, -0.2) is 0 Å². The highest BCUT2D eigenvalue weighted by atomic mass is 16.5. The fourth-order valence-electron chi connectivity index (χ4n) is 2.07. The summed E-state index contributed by atoms with van der Waals surface area (Å²) in [7, 11) is 1.53. The number of nitrogens with zero attached hydrogens (tertiary/aromatic N) is 1. The van der Waals surface area contributed by atoms with Gasteiger partial charge in [-0.15, -0.1) is 0 Å². The molecular weight excluding hydrogens is 196 g/mol. The van der Waals surface area contributed by atoms with Gasteiger partial charge in [0, 0.05) is 19.2 Å². The lowest BCUT2D eigenvalue weighted by Crippen LogP contribution is -2.51. The number of carbonyl (C=O) groups is 2. The lowest BCUT2D eigenvalue weighted by atomic mass is 10.00. The van der Waals surface area contributed by atoms with E-state index in [1.54, 1.807) is 0 Å². The molecule has 2 fully saturated rings. The predicted molar refractivity (Wildman–Crippen MR) is 53.2 cm³/mol. The smallest absolute Gasteiger partial charge is 0.246 e. The quantitative estimate of drug-likeness (QED) is 0.628. The minimum Gasteiger partial charge on any atom is -0.379 e. The van der Waals surface area contributed by atoms with E-state index in [9.17, 15) is 9.59 Å². The molecule has 84 valence electrons. The second kappa shape index (κ2) is 3.57. The highest BCUT2D eigenvalue weighted by Gasteiger charge is 2.41. The van der Waals surface area contributed by atoms with Gasteiger partial charge in [-0.2, -0.15) is 0 Å². The lowest BCUT2D eigenvalue weighted by molar-refractivity contribution is -0.137. The van der Waals surface area contributed by atoms with Gasteiger partial charge in [-0.3, -0.25) is 19.8 Å². The maximum atomic E-state index is 11.6. The molecule has 15 heavy (non-hydrogen) atoms. The van der Waals surface area contributed by atoms with Crippen LogP contribution in [0.2, 0.25) is 0 Å². The average Bonchev–Trinajstić information content (AvgIpc) is 2.69. The van der Waals surface area contributed by atoms with Crippen LogP contribution in [0, 0.1) is 0 Å². The summed E-state index contributed by atoms with van der Waals surface area (Å²) in [6.07, 6.45) is 1.15. The van der Waals surface area contributed by atoms with E-state index in [0.29, 0.717) is 13.2 Å². The second-order valence-corrected chi connectivity index (χ2v) is 4.56. The summed E-state index contributed by atoms with van der Waals surface area (Å²) in [6.45, 7) is 3.35. The van der Waals surface area contributed by atoms with Gasteiger partial charge >= 0.3 is 0 Å². The topological polar surface area (TPSA) is 58.6 Å². The molecular formula is C10H16N2O3. The first-order valence-electron chi connectivity index (χ1n) is 5.18. The molecule has 0 aromatic carbocycles. The molecule has 5 nitrogen and oxygen atoms in total. The van der Waals surface area contributed by atoms with E-state index in [-0.39, 0.29) is 29.8 Å². The Kier molecular flexibility index (Phi) is 2.52. The second-order valence-electron chi connectivity index (χ2n) is 4.56. The van der Waals surface area contributed by atoms with Crippen molar-refractivity contribution in [1.82, 2.24) is 10.2 Å². The zero-order valence-corrected chi connectivity index (χ0v) is 9.08. The molecule has 0 radical (unpaired) electrons. The van der Waals surface area contributed by atoms with E-state index in [4.69, 9.17) is 4.74 Å². The number of hydrogen-bond donors (Lipinski definition) is 1. The van der Waals surface area contributed by atoms with Crippen molar-refractivity contribution in [3.8, 4) is 0 Å². The number of nitrogens with one attached hydrogen (secondary N) is 1. The number of rotatable bonds is 2. The van der Waals surface area contributed by atoms with Gasteiger partial charge in [0.05, 0.1) is 19.1 Å². The van der Waals surface area contributed by atoms with Crippen molar-refractivity contribution >= 4 is 11.8 Å². The van der Waals surface area contributed by atoms with Crippen LogP contribution >= 0.6 is 0 Å². The molecule has 2 aliphatic heterocycles. The number of imide groups is 1. The average molecular weight is 212 g/mol. The van der Waals surface area contributed by atoms with Crippen molar-refractivity contribution in [1.29, 1.82) is 0 Å². The summed E-state index contributed by atoms with van der Waals surface area (Å²) >= 11 is 0. The van der Waals surface area contributed by atoms with E-state index in [1.165, 1.54) is 11.9 Å². The zero-order valence-electron chi connectivity index (χ0n) is 9.08. The Hall–Kier alpha value is -0.940. The Morgan fingerprint density at radius 3 is 2.73 bits per heavy atom. The molecule has 1 N–H and O–H groups in total. The molecule has 0 spiro atoms. The Morgan fingerprint density at radius 2 is 2.27 bits per heavy atom. The van der Waals surface area contributed by atoms with Crippen LogP contribution in [0.4, 0.5) is 0 Å². The number of likely N-dealkylation sites (N-methyl/N-ethyl adjacent to an activating group) is 1. The standard InChI is InChI=1S/C10H16N2O3/c1-10(3-4-15-6-10)11-7-5-8(13)12(2)9(7)14/h7,11H,3-6H2,1-2H3. The van der Waals surface area contributed by atoms with Crippen molar-refractivity contribution in [2.24, 2.45) is 0 Å². The Balaban J connectivity index is 2.01. The maximum absolute atomic E-state index is 11.6. The van der Waals surface area contributed by atoms with Gasteiger partial charge in [-0.1, -0.05) is 0 Å². The molecule has 2 heterocycles. The first-order valence-corrected chi connectivity index (χ1v) is 5.18. The molecule has 2 atom stereocenters. The highest BCUT2D eigenvalue weighted by Crippen LogP contribution is 2.21. The molecule has 2 unspecified atom stereocenters. The SMILES string of the molecule is CN1C(=O)CC(NC2(C)CCOC2)C1=O. The molecule has 2 aliphatic rings. The fourth-order valence-corrected chi connectivity index (χ4v) is 2.07. The van der Waals surface area contributed by atoms with E-state index >= 15 is 0 Å². The molecule has 0 aromatic rings. The third-order valence-electron chi connectivity index (χ3n) is 3.12. The maximum Gasteiger partial charge on any atom is 0.246 e. The summed E-state index contributed by atoms with van der Waals surface area (Å²) in [5, 5.41) is 3.23. The van der Waals surface area contributed by atoms with Crippen LogP contribution in [0.1, 0.15) is 19.8 Å². The van der Waals surface area contributed by atoms with Crippen LogP contribution in [0.5, 0.6) is 0 Å². The summed E-state index contributed by atoms with van der Waals surface area (Å²) in [5.41, 5.74) is -0.161. The van der Waals surface area contributed by atoms with Crippen molar-refractivity contribution in [2.45, 2.75) is 31.3 Å². The van der Waals surface area contributed by atoms with Gasteiger partial charge in [0.1, 0.15) is 0 Å². The van der Waals surface area contributed by atoms with Crippen molar-refractivity contribution in [2.75, 3.05) is 20.3 Å². The predicted octanol–water partition coefficient (Wildman–Crippen LogP) is -0.488. The molecule has 5 heteroatoms. The number of hydrogen-bond acceptors (Lipinski definition) is 4. The van der Waals surface area contributed by atoms with Crippen LogP contribution < -0.4 is 5.32 Å². The molecule has 2 amide bonds. The third kappa shape index (κ3) is 1.89. The van der Waals surface area contributed by atoms with E-state index < -0.39 is 0 Å². The Morgan fingerprint density at radius 1 is 1.53 bits per heavy atom. The van der Waals surface area contributed by atoms with E-state index in [0.717, 1.165) is 6.42 Å². The number of amides is 2. The van der Waals surface area contributed by atoms with Gasteiger partial charge < -0.3 is 4.74 Å². The van der Waals surface area contributed by atoms with E-state index in [1.807, 2.05) is 6.92 Å². The molecule has 0 aromatic heterocycles. The zero-order chi connectivity index (χ0) is 11.1. The molecule has 2 rings (SSSR count). The number of carbonyl (C=O) groups excluding carboxylic acids is 2. The highest BCUT2D eigenvalue weighted by molar-refractivity contribution is 6.05. The first-order chi connectivity index (χ1) is 7.02. The fraction of sp³-hybridized carbons (Fsp3) is 0.800. The van der Waals surface area contributed by atoms with Crippen LogP contribution in [0.25, 0.3) is 0 Å². The van der Waals surface area contributed by atoms with Crippen molar-refractivity contribution in [3.63, 3.8) is 0 Å². The largest absolute Gasteiger partial charge is 0.379 e. The molecule has 0 saturated carbocycles. The van der Waals surface area contributed by atoms with Gasteiger partial charge in [0.25, 0.3) is 0 Å². The third-order valence-corrected chi connectivity index (χ3v) is 3.12. The number of ether oxygens (including phenoxy) is 1. The summed E-state index contributed by atoms with van der Waals surface area (Å²) in [5.74, 6) is -0.242. The Labute approximate surface area is 88.8 Å². The normalized spacial score (nSPS) is 36.7. The van der Waals surface area contributed by atoms with Gasteiger partial charge in [-0.05, 0) is 13.3 Å². The number of likely N-dealkylation sites (tertiary alicyclic amines) is 1. The summed E-state index contributed by atoms with van der Waals surface area (Å²) < 4.78 is 5.29. The van der Waals surface area contributed by atoms with Crippen molar-refractivity contribution < 1.29 is 14.3 Å². The minimum absolute atomic E-state index is 0.111. The van der Waals surface area contributed by atoms with Crippen LogP contribution in [-0.4, -0.2) is 48.6 Å². The molecule has 2 saturated heterocycles. The van der Waals surface area contributed by atoms with Crippen LogP contribution in [0.3, 0.4) is 0 Å². The molecule has 0 aliphatic carbocycles. The summed E-state index contributed by atoms with van der Waals surface area (Å²) in [6, 6.07) is -0.366. The van der Waals surface area contributed by atoms with Crippen LogP contribution in [-0.2, 0) is 14.3 Å². The molecule has 0 bridgehead atoms. The van der Waals surface area contributed by atoms with Crippen molar-refractivity contribution in [3.05, 3.63) is 0 Å². The first kappa shape index (κ1) is 10.6. The summed E-state index contributed by atoms with van der Waals surface area (Å²) in [4.78, 5) is 24.1. The Bertz CT molecular complexity index is 297. The van der Waals surface area contributed by atoms with Gasteiger partial charge in [0.15, 0.2) is 0 Å². The monoisotopic (exact) mass is 212 g/mol. The van der Waals surface area contributed by atoms with Gasteiger partial charge in [0.2, 0.25) is 11.8 Å². The van der Waals surface area contributed by atoms with E-state index in [2.05, 4.69) is 5.32 Å². The lowest BCUT2D eigenvalue weighted by Gasteiger charge is -2.26. The van der Waals surface area contributed by atoms with Crippen LogP contribution in [0.15, 0.2) is 0 Å². The minimum atomic E-state index is -0.366.